The van der Waals surface area contributed by atoms with Crippen molar-refractivity contribution in [2.75, 3.05) is 39.0 Å². The summed E-state index contributed by atoms with van der Waals surface area (Å²) in [5.41, 5.74) is 1.30. The lowest BCUT2D eigenvalue weighted by Gasteiger charge is -2.26. The molecule has 1 atom stereocenters. The second-order valence-electron chi connectivity index (χ2n) is 5.91. The summed E-state index contributed by atoms with van der Waals surface area (Å²) in [5.74, 6) is 1.04. The molecule has 0 spiro atoms. The molecule has 1 aromatic heterocycles. The van der Waals surface area contributed by atoms with Crippen LogP contribution in [0, 0.1) is 0 Å². The van der Waals surface area contributed by atoms with E-state index in [1.807, 2.05) is 12.3 Å². The van der Waals surface area contributed by atoms with Gasteiger partial charge in [-0.05, 0) is 46.0 Å². The van der Waals surface area contributed by atoms with Crippen LogP contribution >= 0.6 is 0 Å². The van der Waals surface area contributed by atoms with E-state index in [1.165, 1.54) is 24.9 Å². The highest BCUT2D eigenvalue weighted by molar-refractivity contribution is 5.43. The van der Waals surface area contributed by atoms with E-state index in [9.17, 15) is 0 Å². The Morgan fingerprint density at radius 3 is 3.05 bits per heavy atom. The second kappa shape index (κ2) is 7.60. The van der Waals surface area contributed by atoms with Gasteiger partial charge in [0.2, 0.25) is 0 Å². The molecule has 1 aromatic rings. The van der Waals surface area contributed by atoms with Crippen LogP contribution in [0.15, 0.2) is 18.3 Å². The molecule has 20 heavy (non-hydrogen) atoms. The van der Waals surface area contributed by atoms with Crippen LogP contribution in [0.2, 0.25) is 0 Å². The van der Waals surface area contributed by atoms with Crippen molar-refractivity contribution in [3.63, 3.8) is 0 Å². The van der Waals surface area contributed by atoms with Gasteiger partial charge >= 0.3 is 0 Å². The van der Waals surface area contributed by atoms with E-state index in [4.69, 9.17) is 0 Å². The topological polar surface area (TPSA) is 31.4 Å². The second-order valence-corrected chi connectivity index (χ2v) is 5.91. The van der Waals surface area contributed by atoms with Gasteiger partial charge in [0.15, 0.2) is 0 Å². The molecule has 0 aliphatic carbocycles. The Kier molecular flexibility index (Phi) is 5.80. The van der Waals surface area contributed by atoms with Gasteiger partial charge in [0, 0.05) is 37.4 Å². The van der Waals surface area contributed by atoms with Gasteiger partial charge in [-0.15, -0.1) is 0 Å². The first kappa shape index (κ1) is 15.3. The lowest BCUT2D eigenvalue weighted by atomic mass is 10.2. The fourth-order valence-corrected chi connectivity index (χ4v) is 2.89. The molecule has 0 bridgehead atoms. The summed E-state index contributed by atoms with van der Waals surface area (Å²) in [5, 5.41) is 3.42. The summed E-state index contributed by atoms with van der Waals surface area (Å²) in [7, 11) is 4.45. The number of pyridine rings is 1. The van der Waals surface area contributed by atoms with Crippen LogP contribution in [0.4, 0.5) is 5.82 Å². The maximum atomic E-state index is 4.47. The molecule has 112 valence electrons. The summed E-state index contributed by atoms with van der Waals surface area (Å²) in [6.07, 6.45) is 5.66. The van der Waals surface area contributed by atoms with Crippen molar-refractivity contribution in [3.8, 4) is 0 Å². The molecule has 1 saturated heterocycles. The number of rotatable bonds is 7. The Morgan fingerprint density at radius 1 is 1.50 bits per heavy atom. The molecular formula is C16H28N4. The Hall–Kier alpha value is -1.13. The van der Waals surface area contributed by atoms with E-state index in [0.717, 1.165) is 31.9 Å². The van der Waals surface area contributed by atoms with Crippen LogP contribution in [0.5, 0.6) is 0 Å². The zero-order valence-electron chi connectivity index (χ0n) is 13.1. The van der Waals surface area contributed by atoms with Gasteiger partial charge in [-0.1, -0.05) is 13.0 Å². The SMILES string of the molecule is CCCNc1ncccc1CN(C)CC1CCCN1C. The zero-order chi connectivity index (χ0) is 14.4. The van der Waals surface area contributed by atoms with Gasteiger partial charge in [-0.2, -0.15) is 0 Å². The minimum atomic E-state index is 0.712. The van der Waals surface area contributed by atoms with Crippen LogP contribution in [-0.4, -0.2) is 54.6 Å². The number of anilines is 1. The first-order chi connectivity index (χ1) is 9.70. The van der Waals surface area contributed by atoms with Gasteiger partial charge in [0.25, 0.3) is 0 Å². The monoisotopic (exact) mass is 276 g/mol. The number of aromatic nitrogens is 1. The largest absolute Gasteiger partial charge is 0.370 e. The summed E-state index contributed by atoms with van der Waals surface area (Å²) < 4.78 is 0. The summed E-state index contributed by atoms with van der Waals surface area (Å²) >= 11 is 0. The summed E-state index contributed by atoms with van der Waals surface area (Å²) in [6, 6.07) is 4.92. The van der Waals surface area contributed by atoms with Crippen molar-refractivity contribution in [1.82, 2.24) is 14.8 Å². The van der Waals surface area contributed by atoms with E-state index in [2.05, 4.69) is 47.2 Å². The minimum absolute atomic E-state index is 0.712. The normalized spacial score (nSPS) is 19.7. The maximum absolute atomic E-state index is 4.47. The quantitative estimate of drug-likeness (QED) is 0.829. The molecule has 1 aliphatic heterocycles. The lowest BCUT2D eigenvalue weighted by molar-refractivity contribution is 0.215. The average molecular weight is 276 g/mol. The van der Waals surface area contributed by atoms with E-state index in [0.29, 0.717) is 6.04 Å². The van der Waals surface area contributed by atoms with Gasteiger partial charge in [0.05, 0.1) is 0 Å². The third-order valence-electron chi connectivity index (χ3n) is 4.07. The standard InChI is InChI=1S/C16H28N4/c1-4-9-17-16-14(7-5-10-18-16)12-19(2)13-15-8-6-11-20(15)3/h5,7,10,15H,4,6,8-9,11-13H2,1-3H3,(H,17,18). The molecule has 1 unspecified atom stereocenters. The first-order valence-corrected chi connectivity index (χ1v) is 7.77. The number of nitrogens with one attached hydrogen (secondary N) is 1. The highest BCUT2D eigenvalue weighted by atomic mass is 15.2. The molecule has 2 rings (SSSR count). The molecule has 2 heterocycles. The van der Waals surface area contributed by atoms with E-state index >= 15 is 0 Å². The van der Waals surface area contributed by atoms with Crippen molar-refractivity contribution in [3.05, 3.63) is 23.9 Å². The zero-order valence-corrected chi connectivity index (χ0v) is 13.1. The van der Waals surface area contributed by atoms with Crippen molar-refractivity contribution in [2.24, 2.45) is 0 Å². The number of likely N-dealkylation sites (tertiary alicyclic amines) is 1. The van der Waals surface area contributed by atoms with Crippen LogP contribution < -0.4 is 5.32 Å². The van der Waals surface area contributed by atoms with Crippen molar-refractivity contribution >= 4 is 5.82 Å². The van der Waals surface area contributed by atoms with Crippen LogP contribution in [-0.2, 0) is 6.54 Å². The molecule has 1 N–H and O–H groups in total. The van der Waals surface area contributed by atoms with E-state index in [1.54, 1.807) is 0 Å². The fourth-order valence-electron chi connectivity index (χ4n) is 2.89. The average Bonchev–Trinajstić information content (AvgIpc) is 2.83. The lowest BCUT2D eigenvalue weighted by Crippen LogP contribution is -2.36. The molecule has 0 radical (unpaired) electrons. The van der Waals surface area contributed by atoms with Gasteiger partial charge < -0.3 is 15.1 Å². The molecule has 0 aromatic carbocycles. The van der Waals surface area contributed by atoms with Crippen LogP contribution in [0.1, 0.15) is 31.7 Å². The fraction of sp³-hybridized carbons (Fsp3) is 0.688. The summed E-state index contributed by atoms with van der Waals surface area (Å²) in [6.45, 7) is 6.51. The predicted octanol–water partition coefficient (Wildman–Crippen LogP) is 2.43. The Balaban J connectivity index is 1.91. The van der Waals surface area contributed by atoms with Crippen molar-refractivity contribution < 1.29 is 0 Å². The molecule has 1 fully saturated rings. The number of hydrogen-bond acceptors (Lipinski definition) is 4. The summed E-state index contributed by atoms with van der Waals surface area (Å²) in [4.78, 5) is 9.37. The minimum Gasteiger partial charge on any atom is -0.370 e. The Bertz CT molecular complexity index is 407. The molecule has 4 nitrogen and oxygen atoms in total. The predicted molar refractivity (Wildman–Crippen MR) is 85.0 cm³/mol. The van der Waals surface area contributed by atoms with Crippen molar-refractivity contribution in [2.45, 2.75) is 38.8 Å². The smallest absolute Gasteiger partial charge is 0.130 e. The Labute approximate surface area is 123 Å². The Morgan fingerprint density at radius 2 is 2.35 bits per heavy atom. The van der Waals surface area contributed by atoms with Gasteiger partial charge in [0.1, 0.15) is 5.82 Å². The van der Waals surface area contributed by atoms with Crippen LogP contribution in [0.25, 0.3) is 0 Å². The molecule has 0 amide bonds. The molecule has 1 aliphatic rings. The van der Waals surface area contributed by atoms with Crippen molar-refractivity contribution in [1.29, 1.82) is 0 Å². The number of hydrogen-bond donors (Lipinski definition) is 1. The highest BCUT2D eigenvalue weighted by Crippen LogP contribution is 2.18. The third kappa shape index (κ3) is 4.18. The molecule has 0 saturated carbocycles. The van der Waals surface area contributed by atoms with E-state index < -0.39 is 0 Å². The van der Waals surface area contributed by atoms with Gasteiger partial charge in [-0.25, -0.2) is 4.98 Å². The molecular weight excluding hydrogens is 248 g/mol. The van der Waals surface area contributed by atoms with Crippen LogP contribution in [0.3, 0.4) is 0 Å². The maximum Gasteiger partial charge on any atom is 0.130 e. The van der Waals surface area contributed by atoms with E-state index in [-0.39, 0.29) is 0 Å². The number of nitrogens with zero attached hydrogens (tertiary/aromatic N) is 3. The van der Waals surface area contributed by atoms with Gasteiger partial charge in [-0.3, -0.25) is 0 Å². The third-order valence-corrected chi connectivity index (χ3v) is 4.07. The first-order valence-electron chi connectivity index (χ1n) is 7.77. The number of likely N-dealkylation sites (N-methyl/N-ethyl adjacent to an activating group) is 2. The highest BCUT2D eigenvalue weighted by Gasteiger charge is 2.22. The molecule has 4 heteroatoms.